The van der Waals surface area contributed by atoms with Crippen LogP contribution in [0.2, 0.25) is 0 Å². The van der Waals surface area contributed by atoms with E-state index in [0.29, 0.717) is 13.2 Å². The SMILES string of the molecule is CCO[C@@H]1[C@H](OC)O[C@@H]2COC(c3ccc(OC)cc3)O[C@H]2[C@@H]1O. The van der Waals surface area contributed by atoms with Gasteiger partial charge in [-0.25, -0.2) is 0 Å². The second-order valence-electron chi connectivity index (χ2n) is 5.73. The van der Waals surface area contributed by atoms with Crippen LogP contribution in [0.15, 0.2) is 24.3 Å². The Bertz CT molecular complexity index is 520. The molecule has 0 bridgehead atoms. The van der Waals surface area contributed by atoms with Crippen LogP contribution >= 0.6 is 0 Å². The van der Waals surface area contributed by atoms with E-state index in [9.17, 15) is 5.11 Å². The van der Waals surface area contributed by atoms with Crippen molar-refractivity contribution >= 4 is 0 Å². The highest BCUT2D eigenvalue weighted by atomic mass is 16.8. The molecule has 134 valence electrons. The quantitative estimate of drug-likeness (QED) is 0.864. The molecule has 0 radical (unpaired) electrons. The topological polar surface area (TPSA) is 75.6 Å². The van der Waals surface area contributed by atoms with Crippen molar-refractivity contribution in [3.05, 3.63) is 29.8 Å². The zero-order valence-electron chi connectivity index (χ0n) is 14.1. The minimum absolute atomic E-state index is 0.303. The van der Waals surface area contributed by atoms with Crippen LogP contribution in [-0.4, -0.2) is 63.2 Å². The van der Waals surface area contributed by atoms with Gasteiger partial charge in [0.1, 0.15) is 30.2 Å². The molecule has 2 aliphatic heterocycles. The third-order valence-corrected chi connectivity index (χ3v) is 4.29. The van der Waals surface area contributed by atoms with Crippen LogP contribution in [0.1, 0.15) is 18.8 Å². The zero-order chi connectivity index (χ0) is 17.1. The number of fused-ring (bicyclic) bond motifs is 1. The number of aliphatic hydroxyl groups excluding tert-OH is 1. The van der Waals surface area contributed by atoms with E-state index < -0.39 is 37.0 Å². The normalized spacial score (nSPS) is 36.2. The van der Waals surface area contributed by atoms with Gasteiger partial charge in [-0.15, -0.1) is 0 Å². The first-order valence-corrected chi connectivity index (χ1v) is 8.06. The van der Waals surface area contributed by atoms with E-state index in [0.717, 1.165) is 11.3 Å². The van der Waals surface area contributed by atoms with Crippen LogP contribution in [0.25, 0.3) is 0 Å². The van der Waals surface area contributed by atoms with Crippen molar-refractivity contribution in [2.24, 2.45) is 0 Å². The maximum atomic E-state index is 10.7. The minimum atomic E-state index is -0.863. The van der Waals surface area contributed by atoms with E-state index in [4.69, 9.17) is 28.4 Å². The van der Waals surface area contributed by atoms with E-state index >= 15 is 0 Å². The van der Waals surface area contributed by atoms with Crippen LogP contribution < -0.4 is 4.74 Å². The third-order valence-electron chi connectivity index (χ3n) is 4.29. The lowest BCUT2D eigenvalue weighted by Gasteiger charge is -2.47. The van der Waals surface area contributed by atoms with Crippen molar-refractivity contribution in [3.63, 3.8) is 0 Å². The molecule has 2 heterocycles. The predicted octanol–water partition coefficient (Wildman–Crippen LogP) is 1.25. The molecule has 2 saturated heterocycles. The summed E-state index contributed by atoms with van der Waals surface area (Å²) >= 11 is 0. The fraction of sp³-hybridized carbons (Fsp3) is 0.647. The highest BCUT2D eigenvalue weighted by Crippen LogP contribution is 2.35. The van der Waals surface area contributed by atoms with Crippen LogP contribution in [0, 0.1) is 0 Å². The predicted molar refractivity (Wildman–Crippen MR) is 83.7 cm³/mol. The first-order chi connectivity index (χ1) is 11.7. The Morgan fingerprint density at radius 3 is 2.54 bits per heavy atom. The number of ether oxygens (including phenoxy) is 6. The summed E-state index contributed by atoms with van der Waals surface area (Å²) in [5, 5.41) is 10.7. The Morgan fingerprint density at radius 1 is 1.17 bits per heavy atom. The Hall–Kier alpha value is -1.22. The minimum Gasteiger partial charge on any atom is -0.497 e. The van der Waals surface area contributed by atoms with Crippen molar-refractivity contribution < 1.29 is 33.5 Å². The van der Waals surface area contributed by atoms with Gasteiger partial charge >= 0.3 is 0 Å². The number of hydrogen-bond acceptors (Lipinski definition) is 7. The van der Waals surface area contributed by atoms with E-state index in [-0.39, 0.29) is 0 Å². The molecule has 1 N–H and O–H groups in total. The number of hydrogen-bond donors (Lipinski definition) is 1. The van der Waals surface area contributed by atoms with Crippen LogP contribution in [0.3, 0.4) is 0 Å². The highest BCUT2D eigenvalue weighted by molar-refractivity contribution is 5.28. The molecule has 0 saturated carbocycles. The Labute approximate surface area is 141 Å². The van der Waals surface area contributed by atoms with Crippen LogP contribution in [-0.2, 0) is 23.7 Å². The Balaban J connectivity index is 1.73. The molecule has 1 unspecified atom stereocenters. The largest absolute Gasteiger partial charge is 0.497 e. The monoisotopic (exact) mass is 340 g/mol. The molecule has 0 aromatic heterocycles. The second-order valence-corrected chi connectivity index (χ2v) is 5.73. The van der Waals surface area contributed by atoms with Gasteiger partial charge in [-0.2, -0.15) is 0 Å². The summed E-state index contributed by atoms with van der Waals surface area (Å²) in [6, 6.07) is 7.42. The number of benzene rings is 1. The summed E-state index contributed by atoms with van der Waals surface area (Å²) in [4.78, 5) is 0. The smallest absolute Gasteiger partial charge is 0.186 e. The molecule has 7 heteroatoms. The lowest BCUT2D eigenvalue weighted by Crippen LogP contribution is -2.62. The molecule has 2 fully saturated rings. The summed E-state index contributed by atoms with van der Waals surface area (Å²) < 4.78 is 33.5. The van der Waals surface area contributed by atoms with Gasteiger partial charge in [-0.3, -0.25) is 0 Å². The molecular formula is C17H24O7. The van der Waals surface area contributed by atoms with E-state index in [1.54, 1.807) is 7.11 Å². The maximum absolute atomic E-state index is 10.7. The second kappa shape index (κ2) is 7.77. The van der Waals surface area contributed by atoms with Crippen molar-refractivity contribution in [1.82, 2.24) is 0 Å². The first-order valence-electron chi connectivity index (χ1n) is 8.06. The van der Waals surface area contributed by atoms with Gasteiger partial charge in [0.25, 0.3) is 0 Å². The Kier molecular flexibility index (Phi) is 5.70. The maximum Gasteiger partial charge on any atom is 0.186 e. The third kappa shape index (κ3) is 3.42. The summed E-state index contributed by atoms with van der Waals surface area (Å²) in [6.07, 6.45) is -3.64. The van der Waals surface area contributed by atoms with Crippen molar-refractivity contribution in [2.75, 3.05) is 27.4 Å². The number of methoxy groups -OCH3 is 2. The van der Waals surface area contributed by atoms with Crippen LogP contribution in [0.5, 0.6) is 5.75 Å². The van der Waals surface area contributed by atoms with Crippen molar-refractivity contribution in [2.45, 2.75) is 43.9 Å². The van der Waals surface area contributed by atoms with E-state index in [2.05, 4.69) is 0 Å². The summed E-state index contributed by atoms with van der Waals surface area (Å²) in [7, 11) is 3.14. The number of aliphatic hydroxyl groups is 1. The summed E-state index contributed by atoms with van der Waals surface area (Å²) in [5.41, 5.74) is 0.850. The standard InChI is InChI=1S/C17H24O7/c1-4-21-15-13(18)14-12(23-17(15)20-3)9-22-16(24-14)10-5-7-11(19-2)8-6-10/h5-8,12-18H,4,9H2,1-3H3/t12-,13+,14-,15+,16?,17-/m1/s1. The fourth-order valence-electron chi connectivity index (χ4n) is 3.06. The first kappa shape index (κ1) is 17.6. The molecule has 2 aliphatic rings. The highest BCUT2D eigenvalue weighted by Gasteiger charge is 2.50. The van der Waals surface area contributed by atoms with Gasteiger partial charge < -0.3 is 33.5 Å². The zero-order valence-corrected chi connectivity index (χ0v) is 14.1. The molecule has 0 aliphatic carbocycles. The van der Waals surface area contributed by atoms with Crippen molar-refractivity contribution in [3.8, 4) is 5.75 Å². The Morgan fingerprint density at radius 2 is 1.92 bits per heavy atom. The van der Waals surface area contributed by atoms with Gasteiger partial charge in [-0.1, -0.05) is 12.1 Å². The molecule has 0 amide bonds. The molecule has 7 nitrogen and oxygen atoms in total. The van der Waals surface area contributed by atoms with Gasteiger partial charge in [0, 0.05) is 19.3 Å². The fourth-order valence-corrected chi connectivity index (χ4v) is 3.06. The summed E-state index contributed by atoms with van der Waals surface area (Å²) in [6.45, 7) is 2.61. The van der Waals surface area contributed by atoms with E-state index in [1.165, 1.54) is 7.11 Å². The van der Waals surface area contributed by atoms with Gasteiger partial charge in [0.15, 0.2) is 12.6 Å². The molecule has 1 aromatic rings. The van der Waals surface area contributed by atoms with E-state index in [1.807, 2.05) is 31.2 Å². The van der Waals surface area contributed by atoms with Gasteiger partial charge in [-0.05, 0) is 19.1 Å². The summed E-state index contributed by atoms with van der Waals surface area (Å²) in [5.74, 6) is 0.757. The molecule has 24 heavy (non-hydrogen) atoms. The number of rotatable bonds is 5. The lowest BCUT2D eigenvalue weighted by atomic mass is 9.97. The van der Waals surface area contributed by atoms with Crippen LogP contribution in [0.4, 0.5) is 0 Å². The van der Waals surface area contributed by atoms with Gasteiger partial charge in [0.2, 0.25) is 0 Å². The lowest BCUT2D eigenvalue weighted by molar-refractivity contribution is -0.362. The average Bonchev–Trinajstić information content (AvgIpc) is 2.63. The van der Waals surface area contributed by atoms with Crippen molar-refractivity contribution in [1.29, 1.82) is 0 Å². The molecule has 3 rings (SSSR count). The molecule has 1 aromatic carbocycles. The average molecular weight is 340 g/mol. The van der Waals surface area contributed by atoms with Gasteiger partial charge in [0.05, 0.1) is 13.7 Å². The molecular weight excluding hydrogens is 316 g/mol. The molecule has 6 atom stereocenters. The molecule has 0 spiro atoms.